The summed E-state index contributed by atoms with van der Waals surface area (Å²) in [7, 11) is 0. The summed E-state index contributed by atoms with van der Waals surface area (Å²) in [6, 6.07) is 10.1. The van der Waals surface area contributed by atoms with Crippen molar-refractivity contribution in [1.29, 1.82) is 0 Å². The van der Waals surface area contributed by atoms with Crippen molar-refractivity contribution >= 4 is 23.2 Å². The second kappa shape index (κ2) is 7.35. The van der Waals surface area contributed by atoms with Gasteiger partial charge >= 0.3 is 0 Å². The van der Waals surface area contributed by atoms with Gasteiger partial charge in [-0.1, -0.05) is 23.2 Å². The quantitative estimate of drug-likeness (QED) is 0.826. The van der Waals surface area contributed by atoms with Gasteiger partial charge in [0.15, 0.2) is 0 Å². The largest absolute Gasteiger partial charge is 0.484 e. The first-order chi connectivity index (χ1) is 12.5. The maximum Gasteiger partial charge on any atom is 0.140 e. The molecular formula is C20H21Cl2FN2O. The van der Waals surface area contributed by atoms with Gasteiger partial charge in [0.25, 0.3) is 0 Å². The maximum absolute atomic E-state index is 13.2. The highest BCUT2D eigenvalue weighted by Gasteiger charge is 2.40. The van der Waals surface area contributed by atoms with Crippen LogP contribution in [-0.4, -0.2) is 30.1 Å². The number of piperidine rings is 1. The van der Waals surface area contributed by atoms with E-state index in [1.54, 1.807) is 18.2 Å². The lowest BCUT2D eigenvalue weighted by Gasteiger charge is -2.38. The summed E-state index contributed by atoms with van der Waals surface area (Å²) in [4.78, 5) is 2.40. The Labute approximate surface area is 162 Å². The Morgan fingerprint density at radius 1 is 1.15 bits per heavy atom. The van der Waals surface area contributed by atoms with Gasteiger partial charge in [-0.3, -0.25) is 4.90 Å². The predicted molar refractivity (Wildman–Crippen MR) is 103 cm³/mol. The third-order valence-corrected chi connectivity index (χ3v) is 5.85. The van der Waals surface area contributed by atoms with Crippen molar-refractivity contribution in [2.24, 2.45) is 5.73 Å². The van der Waals surface area contributed by atoms with E-state index in [-0.39, 0.29) is 24.0 Å². The van der Waals surface area contributed by atoms with E-state index in [1.807, 2.05) is 6.07 Å². The Hall–Kier alpha value is -1.33. The van der Waals surface area contributed by atoms with E-state index in [2.05, 4.69) is 4.90 Å². The molecular weight excluding hydrogens is 374 g/mol. The summed E-state index contributed by atoms with van der Waals surface area (Å²) in [5, 5.41) is 1.27. The molecule has 2 aromatic rings. The van der Waals surface area contributed by atoms with Gasteiger partial charge in [0, 0.05) is 28.2 Å². The number of halogens is 3. The van der Waals surface area contributed by atoms with E-state index in [0.717, 1.165) is 43.5 Å². The average Bonchev–Trinajstić information content (AvgIpc) is 2.96. The Bertz CT molecular complexity index is 799. The number of likely N-dealkylation sites (tertiary alicyclic amines) is 1. The van der Waals surface area contributed by atoms with Gasteiger partial charge < -0.3 is 10.5 Å². The zero-order valence-corrected chi connectivity index (χ0v) is 15.8. The second-order valence-corrected chi connectivity index (χ2v) is 7.96. The minimum atomic E-state index is -0.284. The molecule has 0 unspecified atom stereocenters. The van der Waals surface area contributed by atoms with Crippen LogP contribution in [0, 0.1) is 5.82 Å². The van der Waals surface area contributed by atoms with Crippen molar-refractivity contribution in [1.82, 2.24) is 4.90 Å². The molecule has 0 radical (unpaired) electrons. The van der Waals surface area contributed by atoms with E-state index < -0.39 is 0 Å². The predicted octanol–water partition coefficient (Wildman–Crippen LogP) is 4.60. The van der Waals surface area contributed by atoms with E-state index in [1.165, 1.54) is 12.1 Å². The highest BCUT2D eigenvalue weighted by Crippen LogP contribution is 2.43. The van der Waals surface area contributed by atoms with Crippen molar-refractivity contribution < 1.29 is 9.13 Å². The fourth-order valence-corrected chi connectivity index (χ4v) is 4.67. The van der Waals surface area contributed by atoms with E-state index in [4.69, 9.17) is 33.7 Å². The highest BCUT2D eigenvalue weighted by atomic mass is 35.5. The van der Waals surface area contributed by atoms with Crippen molar-refractivity contribution in [2.45, 2.75) is 37.5 Å². The molecule has 1 heterocycles. The third kappa shape index (κ3) is 3.56. The zero-order valence-electron chi connectivity index (χ0n) is 14.3. The SMILES string of the molecule is N[C@@H]1CCCN([C@@H]2Cc3c(Cl)cc(Cl)cc3[C@@H]2Oc2ccc(F)cc2)C1. The van der Waals surface area contributed by atoms with Crippen LogP contribution in [0.5, 0.6) is 5.75 Å². The van der Waals surface area contributed by atoms with Gasteiger partial charge in [0.1, 0.15) is 17.7 Å². The lowest BCUT2D eigenvalue weighted by molar-refractivity contribution is 0.0593. The number of hydrogen-bond donors (Lipinski definition) is 1. The number of nitrogens with zero attached hydrogens (tertiary/aromatic N) is 1. The minimum Gasteiger partial charge on any atom is -0.484 e. The molecule has 2 N–H and O–H groups in total. The molecule has 4 rings (SSSR count). The van der Waals surface area contributed by atoms with Crippen molar-refractivity contribution in [3.63, 3.8) is 0 Å². The molecule has 0 aromatic heterocycles. The van der Waals surface area contributed by atoms with Gasteiger partial charge in [-0.15, -0.1) is 0 Å². The zero-order chi connectivity index (χ0) is 18.3. The van der Waals surface area contributed by atoms with Gasteiger partial charge in [-0.25, -0.2) is 4.39 Å². The summed E-state index contributed by atoms with van der Waals surface area (Å²) in [6.07, 6.45) is 2.71. The Balaban J connectivity index is 1.68. The van der Waals surface area contributed by atoms with Gasteiger partial charge in [0.05, 0.1) is 6.04 Å². The summed E-state index contributed by atoms with van der Waals surface area (Å²) >= 11 is 12.7. The first-order valence-corrected chi connectivity index (χ1v) is 9.66. The number of rotatable bonds is 3. The van der Waals surface area contributed by atoms with E-state index >= 15 is 0 Å². The molecule has 0 saturated carbocycles. The van der Waals surface area contributed by atoms with Crippen LogP contribution < -0.4 is 10.5 Å². The van der Waals surface area contributed by atoms with Crippen molar-refractivity contribution in [2.75, 3.05) is 13.1 Å². The number of benzene rings is 2. The normalized spacial score (nSPS) is 25.9. The average molecular weight is 395 g/mol. The minimum absolute atomic E-state index is 0.136. The molecule has 3 nitrogen and oxygen atoms in total. The summed E-state index contributed by atoms with van der Waals surface area (Å²) in [6.45, 7) is 1.83. The van der Waals surface area contributed by atoms with Crippen LogP contribution in [0.3, 0.4) is 0 Å². The molecule has 2 aromatic carbocycles. The van der Waals surface area contributed by atoms with Gasteiger partial charge in [-0.05, 0) is 67.8 Å². The topological polar surface area (TPSA) is 38.5 Å². The molecule has 0 bridgehead atoms. The first-order valence-electron chi connectivity index (χ1n) is 8.91. The monoisotopic (exact) mass is 394 g/mol. The van der Waals surface area contributed by atoms with Crippen LogP contribution in [0.2, 0.25) is 10.0 Å². The molecule has 3 atom stereocenters. The fourth-order valence-electron chi connectivity index (χ4n) is 4.08. The van der Waals surface area contributed by atoms with Crippen LogP contribution in [0.15, 0.2) is 36.4 Å². The van der Waals surface area contributed by atoms with Crippen LogP contribution in [0.4, 0.5) is 4.39 Å². The van der Waals surface area contributed by atoms with Crippen LogP contribution in [0.25, 0.3) is 0 Å². The fraction of sp³-hybridized carbons (Fsp3) is 0.400. The lowest BCUT2D eigenvalue weighted by Crippen LogP contribution is -2.49. The van der Waals surface area contributed by atoms with E-state index in [9.17, 15) is 4.39 Å². The summed E-state index contributed by atoms with van der Waals surface area (Å²) in [5.41, 5.74) is 8.28. The van der Waals surface area contributed by atoms with Gasteiger partial charge in [0.2, 0.25) is 0 Å². The van der Waals surface area contributed by atoms with E-state index in [0.29, 0.717) is 15.8 Å². The lowest BCUT2D eigenvalue weighted by atomic mass is 10.0. The third-order valence-electron chi connectivity index (χ3n) is 5.30. The molecule has 2 aliphatic rings. The molecule has 26 heavy (non-hydrogen) atoms. The molecule has 1 saturated heterocycles. The summed E-state index contributed by atoms with van der Waals surface area (Å²) < 4.78 is 19.5. The number of ether oxygens (including phenoxy) is 1. The molecule has 138 valence electrons. The molecule has 6 heteroatoms. The van der Waals surface area contributed by atoms with Crippen molar-refractivity contribution in [3.05, 3.63) is 63.4 Å². The van der Waals surface area contributed by atoms with Gasteiger partial charge in [-0.2, -0.15) is 0 Å². The van der Waals surface area contributed by atoms with Crippen LogP contribution in [-0.2, 0) is 6.42 Å². The molecule has 0 spiro atoms. The van der Waals surface area contributed by atoms with Crippen LogP contribution in [0.1, 0.15) is 30.1 Å². The number of hydrogen-bond acceptors (Lipinski definition) is 3. The van der Waals surface area contributed by atoms with Crippen molar-refractivity contribution in [3.8, 4) is 5.75 Å². The first kappa shape index (κ1) is 18.1. The number of fused-ring (bicyclic) bond motifs is 1. The second-order valence-electron chi connectivity index (χ2n) is 7.12. The Morgan fingerprint density at radius 3 is 2.65 bits per heavy atom. The van der Waals surface area contributed by atoms with Crippen LogP contribution >= 0.6 is 23.2 Å². The Kier molecular flexibility index (Phi) is 5.11. The summed E-state index contributed by atoms with van der Waals surface area (Å²) in [5.74, 6) is 0.348. The molecule has 1 aliphatic carbocycles. The maximum atomic E-state index is 13.2. The standard InChI is InChI=1S/C20H21Cl2FN2O/c21-12-8-17-16(18(22)9-12)10-19(25-7-1-2-14(24)11-25)20(17)26-15-5-3-13(23)4-6-15/h3-6,8-9,14,19-20H,1-2,7,10-11,24H2/t14-,19-,20+/m1/s1. The molecule has 0 amide bonds. The Morgan fingerprint density at radius 2 is 1.92 bits per heavy atom. The molecule has 1 aliphatic heterocycles. The number of nitrogens with two attached hydrogens (primary N) is 1. The smallest absolute Gasteiger partial charge is 0.140 e. The highest BCUT2D eigenvalue weighted by molar-refractivity contribution is 6.35. The molecule has 1 fully saturated rings.